The first kappa shape index (κ1) is 11.4. The van der Waals surface area contributed by atoms with Crippen molar-refractivity contribution in [1.82, 2.24) is 5.43 Å². The molecule has 1 heterocycles. The van der Waals surface area contributed by atoms with Crippen LogP contribution in [0, 0.1) is 6.92 Å². The van der Waals surface area contributed by atoms with Crippen LogP contribution in [0.5, 0.6) is 0 Å². The molecule has 0 saturated heterocycles. The van der Waals surface area contributed by atoms with Gasteiger partial charge in [0, 0.05) is 10.0 Å². The second-order valence-electron chi connectivity index (χ2n) is 3.66. The van der Waals surface area contributed by atoms with Crippen molar-refractivity contribution in [1.29, 1.82) is 0 Å². The Morgan fingerprint density at radius 3 is 2.75 bits per heavy atom. The Labute approximate surface area is 103 Å². The summed E-state index contributed by atoms with van der Waals surface area (Å²) < 4.78 is 6.14. The third kappa shape index (κ3) is 2.19. The van der Waals surface area contributed by atoms with Gasteiger partial charge in [-0.05, 0) is 36.2 Å². The van der Waals surface area contributed by atoms with E-state index in [1.54, 1.807) is 12.5 Å². The Kier molecular flexibility index (Phi) is 3.43. The summed E-state index contributed by atoms with van der Waals surface area (Å²) in [4.78, 5) is 0. The normalized spacial score (nSPS) is 12.7. The molecule has 0 bridgehead atoms. The van der Waals surface area contributed by atoms with Crippen LogP contribution in [0.2, 0.25) is 0 Å². The molecule has 1 atom stereocenters. The second kappa shape index (κ2) is 4.82. The largest absolute Gasteiger partial charge is 0.472 e. The van der Waals surface area contributed by atoms with Gasteiger partial charge in [0.2, 0.25) is 0 Å². The molecule has 0 amide bonds. The minimum atomic E-state index is -0.0353. The summed E-state index contributed by atoms with van der Waals surface area (Å²) in [7, 11) is 0. The number of nitrogens with two attached hydrogens (primary N) is 1. The van der Waals surface area contributed by atoms with Crippen molar-refractivity contribution < 1.29 is 4.42 Å². The quantitative estimate of drug-likeness (QED) is 0.672. The molecule has 0 radical (unpaired) electrons. The average molecular weight is 281 g/mol. The zero-order valence-corrected chi connectivity index (χ0v) is 10.5. The van der Waals surface area contributed by atoms with Crippen molar-refractivity contribution in [3.63, 3.8) is 0 Å². The van der Waals surface area contributed by atoms with Crippen LogP contribution in [0.25, 0.3) is 0 Å². The predicted molar refractivity (Wildman–Crippen MR) is 66.8 cm³/mol. The molecule has 0 aliphatic rings. The van der Waals surface area contributed by atoms with Crippen molar-refractivity contribution in [2.75, 3.05) is 0 Å². The molecule has 2 rings (SSSR count). The average Bonchev–Trinajstić information content (AvgIpc) is 2.75. The summed E-state index contributed by atoms with van der Waals surface area (Å²) in [5.74, 6) is 5.60. The molecule has 1 aromatic heterocycles. The molecule has 0 aliphatic heterocycles. The van der Waals surface area contributed by atoms with Crippen LogP contribution >= 0.6 is 15.9 Å². The summed E-state index contributed by atoms with van der Waals surface area (Å²) in [5, 5.41) is 0. The Morgan fingerprint density at radius 2 is 2.19 bits per heavy atom. The number of hydrogen-bond acceptors (Lipinski definition) is 3. The van der Waals surface area contributed by atoms with E-state index < -0.39 is 0 Å². The first-order valence-electron chi connectivity index (χ1n) is 4.96. The lowest BCUT2D eigenvalue weighted by atomic mass is 9.97. The fourth-order valence-electron chi connectivity index (χ4n) is 1.77. The first-order valence-corrected chi connectivity index (χ1v) is 5.76. The Bertz CT molecular complexity index is 468. The van der Waals surface area contributed by atoms with E-state index in [0.717, 1.165) is 15.6 Å². The van der Waals surface area contributed by atoms with E-state index in [1.165, 1.54) is 5.56 Å². The van der Waals surface area contributed by atoms with Gasteiger partial charge in [0.1, 0.15) is 0 Å². The molecule has 0 spiro atoms. The number of halogens is 1. The summed E-state index contributed by atoms with van der Waals surface area (Å²) >= 11 is 3.45. The zero-order chi connectivity index (χ0) is 11.5. The molecule has 84 valence electrons. The maximum Gasteiger partial charge on any atom is 0.0954 e. The van der Waals surface area contributed by atoms with Crippen LogP contribution in [0.3, 0.4) is 0 Å². The van der Waals surface area contributed by atoms with Crippen LogP contribution in [-0.2, 0) is 0 Å². The fraction of sp³-hybridized carbons (Fsp3) is 0.167. The van der Waals surface area contributed by atoms with Crippen molar-refractivity contribution >= 4 is 15.9 Å². The number of rotatable bonds is 3. The molecule has 2 aromatic rings. The van der Waals surface area contributed by atoms with Crippen molar-refractivity contribution in [2.24, 2.45) is 5.84 Å². The van der Waals surface area contributed by atoms with Crippen LogP contribution in [0.4, 0.5) is 0 Å². The van der Waals surface area contributed by atoms with Gasteiger partial charge in [0.05, 0.1) is 18.6 Å². The van der Waals surface area contributed by atoms with E-state index in [-0.39, 0.29) is 6.04 Å². The van der Waals surface area contributed by atoms with E-state index in [0.29, 0.717) is 0 Å². The molecular formula is C12H13BrN2O. The number of hydrogen-bond donors (Lipinski definition) is 2. The zero-order valence-electron chi connectivity index (χ0n) is 8.91. The molecule has 0 fully saturated rings. The van der Waals surface area contributed by atoms with Gasteiger partial charge in [-0.1, -0.05) is 22.0 Å². The number of furan rings is 1. The van der Waals surface area contributed by atoms with Crippen molar-refractivity contribution in [2.45, 2.75) is 13.0 Å². The lowest BCUT2D eigenvalue weighted by Crippen LogP contribution is -2.29. The lowest BCUT2D eigenvalue weighted by molar-refractivity contribution is 0.553. The summed E-state index contributed by atoms with van der Waals surface area (Å²) in [6.45, 7) is 2.06. The second-order valence-corrected chi connectivity index (χ2v) is 4.57. The Morgan fingerprint density at radius 1 is 1.38 bits per heavy atom. The van der Waals surface area contributed by atoms with Gasteiger partial charge in [-0.2, -0.15) is 0 Å². The van der Waals surface area contributed by atoms with E-state index in [1.807, 2.05) is 12.1 Å². The van der Waals surface area contributed by atoms with E-state index in [4.69, 9.17) is 10.3 Å². The third-order valence-electron chi connectivity index (χ3n) is 2.59. The minimum Gasteiger partial charge on any atom is -0.472 e. The topological polar surface area (TPSA) is 51.2 Å². The van der Waals surface area contributed by atoms with Gasteiger partial charge in [-0.3, -0.25) is 5.84 Å². The highest BCUT2D eigenvalue weighted by atomic mass is 79.9. The highest BCUT2D eigenvalue weighted by Crippen LogP contribution is 2.26. The SMILES string of the molecule is Cc1cc(Br)ccc1C(NN)c1ccoc1. The maximum atomic E-state index is 5.60. The van der Waals surface area contributed by atoms with Gasteiger partial charge in [-0.25, -0.2) is 5.43 Å². The van der Waals surface area contributed by atoms with Gasteiger partial charge < -0.3 is 4.42 Å². The van der Waals surface area contributed by atoms with Crippen LogP contribution in [0.15, 0.2) is 45.7 Å². The highest BCUT2D eigenvalue weighted by molar-refractivity contribution is 9.10. The lowest BCUT2D eigenvalue weighted by Gasteiger charge is -2.17. The van der Waals surface area contributed by atoms with Crippen LogP contribution in [0.1, 0.15) is 22.7 Å². The third-order valence-corrected chi connectivity index (χ3v) is 3.08. The number of hydrazine groups is 1. The molecule has 1 unspecified atom stereocenters. The van der Waals surface area contributed by atoms with Gasteiger partial charge in [0.25, 0.3) is 0 Å². The van der Waals surface area contributed by atoms with Crippen LogP contribution < -0.4 is 11.3 Å². The van der Waals surface area contributed by atoms with E-state index in [2.05, 4.69) is 40.4 Å². The summed E-state index contributed by atoms with van der Waals surface area (Å²) in [6.07, 6.45) is 3.35. The smallest absolute Gasteiger partial charge is 0.0954 e. The molecule has 3 N–H and O–H groups in total. The van der Waals surface area contributed by atoms with E-state index >= 15 is 0 Å². The molecule has 3 nitrogen and oxygen atoms in total. The fourth-order valence-corrected chi connectivity index (χ4v) is 2.24. The standard InChI is InChI=1S/C12H13BrN2O/c1-8-6-10(13)2-3-11(8)12(15-14)9-4-5-16-7-9/h2-7,12,15H,14H2,1H3. The Balaban J connectivity index is 2.41. The van der Waals surface area contributed by atoms with Crippen LogP contribution in [-0.4, -0.2) is 0 Å². The van der Waals surface area contributed by atoms with Gasteiger partial charge in [0.15, 0.2) is 0 Å². The first-order chi connectivity index (χ1) is 7.72. The van der Waals surface area contributed by atoms with E-state index in [9.17, 15) is 0 Å². The molecule has 0 saturated carbocycles. The minimum absolute atomic E-state index is 0.0353. The summed E-state index contributed by atoms with van der Waals surface area (Å²) in [6, 6.07) is 8.00. The maximum absolute atomic E-state index is 5.60. The molecular weight excluding hydrogens is 268 g/mol. The number of nitrogens with one attached hydrogen (secondary N) is 1. The number of aryl methyl sites for hydroxylation is 1. The highest BCUT2D eigenvalue weighted by Gasteiger charge is 2.15. The monoisotopic (exact) mass is 280 g/mol. The Hall–Kier alpha value is -1.10. The number of benzene rings is 1. The van der Waals surface area contributed by atoms with Crippen molar-refractivity contribution in [3.05, 3.63) is 58.0 Å². The molecule has 0 aliphatic carbocycles. The molecule has 1 aromatic carbocycles. The molecule has 4 heteroatoms. The predicted octanol–water partition coefficient (Wildman–Crippen LogP) is 2.90. The van der Waals surface area contributed by atoms with Gasteiger partial charge in [-0.15, -0.1) is 0 Å². The van der Waals surface area contributed by atoms with Gasteiger partial charge >= 0.3 is 0 Å². The van der Waals surface area contributed by atoms with Crippen molar-refractivity contribution in [3.8, 4) is 0 Å². The summed E-state index contributed by atoms with van der Waals surface area (Å²) in [5.41, 5.74) is 6.15. The molecule has 16 heavy (non-hydrogen) atoms.